The van der Waals surface area contributed by atoms with Gasteiger partial charge in [0.25, 0.3) is 0 Å². The molecular formula is C23H31NO3S. The molecule has 0 saturated carbocycles. The zero-order chi connectivity index (χ0) is 20.2. The van der Waals surface area contributed by atoms with Crippen molar-refractivity contribution in [2.75, 3.05) is 7.11 Å². The van der Waals surface area contributed by atoms with Gasteiger partial charge in [-0.2, -0.15) is 0 Å². The molecule has 0 bridgehead atoms. The molecule has 2 atom stereocenters. The fourth-order valence-electron chi connectivity index (χ4n) is 3.37. The average molecular weight is 402 g/mol. The van der Waals surface area contributed by atoms with E-state index in [0.29, 0.717) is 0 Å². The highest BCUT2D eigenvalue weighted by molar-refractivity contribution is 8.00. The quantitative estimate of drug-likeness (QED) is 0.214. The second-order valence-corrected chi connectivity index (χ2v) is 8.25. The molecule has 5 heteroatoms. The van der Waals surface area contributed by atoms with Crippen LogP contribution >= 0.6 is 11.8 Å². The Morgan fingerprint density at radius 1 is 1.07 bits per heavy atom. The number of ether oxygens (including phenoxy) is 1. The minimum atomic E-state index is -0.282. The second kappa shape index (κ2) is 12.5. The van der Waals surface area contributed by atoms with Crippen molar-refractivity contribution in [3.05, 3.63) is 60.2 Å². The Morgan fingerprint density at radius 2 is 1.79 bits per heavy atom. The molecule has 2 aromatic rings. The predicted octanol–water partition coefficient (Wildman–Crippen LogP) is 5.49. The van der Waals surface area contributed by atoms with Crippen LogP contribution in [0.4, 0.5) is 0 Å². The van der Waals surface area contributed by atoms with Gasteiger partial charge >= 0.3 is 0 Å². The zero-order valence-corrected chi connectivity index (χ0v) is 17.6. The summed E-state index contributed by atoms with van der Waals surface area (Å²) < 4.78 is 5.23. The van der Waals surface area contributed by atoms with Crippen molar-refractivity contribution in [3.63, 3.8) is 0 Å². The molecule has 0 aliphatic rings. The van der Waals surface area contributed by atoms with Gasteiger partial charge in [0.15, 0.2) is 0 Å². The lowest BCUT2D eigenvalue weighted by Gasteiger charge is -2.25. The van der Waals surface area contributed by atoms with Crippen molar-refractivity contribution in [1.29, 1.82) is 0 Å². The van der Waals surface area contributed by atoms with E-state index < -0.39 is 0 Å². The molecule has 28 heavy (non-hydrogen) atoms. The van der Waals surface area contributed by atoms with E-state index in [9.17, 15) is 10.0 Å². The number of amides is 1. The zero-order valence-electron chi connectivity index (χ0n) is 16.8. The predicted molar refractivity (Wildman–Crippen MR) is 115 cm³/mol. The summed E-state index contributed by atoms with van der Waals surface area (Å²) in [6.45, 7) is 2.07. The molecule has 2 rings (SSSR count). The van der Waals surface area contributed by atoms with Crippen molar-refractivity contribution in [1.82, 2.24) is 5.48 Å². The van der Waals surface area contributed by atoms with E-state index in [1.807, 2.05) is 35.8 Å². The normalized spacial score (nSPS) is 13.0. The topological polar surface area (TPSA) is 58.6 Å². The molecule has 1 amide bonds. The van der Waals surface area contributed by atoms with Crippen LogP contribution in [-0.4, -0.2) is 23.5 Å². The Kier molecular flexibility index (Phi) is 9.94. The van der Waals surface area contributed by atoms with Crippen molar-refractivity contribution in [2.24, 2.45) is 5.92 Å². The number of methoxy groups -OCH3 is 1. The first-order chi connectivity index (χ1) is 13.7. The van der Waals surface area contributed by atoms with E-state index in [2.05, 4.69) is 31.2 Å². The molecule has 4 nitrogen and oxygen atoms in total. The molecular weight excluding hydrogens is 370 g/mol. The number of aryl methyl sites for hydroxylation is 1. The van der Waals surface area contributed by atoms with E-state index in [1.165, 1.54) is 5.56 Å². The van der Waals surface area contributed by atoms with Gasteiger partial charge in [-0.25, -0.2) is 5.48 Å². The highest BCUT2D eigenvalue weighted by Gasteiger charge is 2.28. The summed E-state index contributed by atoms with van der Waals surface area (Å²) >= 11 is 1.72. The van der Waals surface area contributed by atoms with Gasteiger partial charge in [-0.05, 0) is 55.5 Å². The largest absolute Gasteiger partial charge is 0.497 e. The van der Waals surface area contributed by atoms with E-state index in [4.69, 9.17) is 4.74 Å². The van der Waals surface area contributed by atoms with E-state index in [1.54, 1.807) is 18.9 Å². The summed E-state index contributed by atoms with van der Waals surface area (Å²) in [5.74, 6) is 0.330. The number of carbonyl (C=O) groups is 1. The number of carbonyl (C=O) groups excluding carboxylic acids is 1. The van der Waals surface area contributed by atoms with Crippen molar-refractivity contribution in [3.8, 4) is 5.75 Å². The lowest BCUT2D eigenvalue weighted by molar-refractivity contribution is -0.133. The van der Waals surface area contributed by atoms with Gasteiger partial charge in [0, 0.05) is 10.1 Å². The molecule has 0 heterocycles. The number of rotatable bonds is 12. The first-order valence-corrected chi connectivity index (χ1v) is 10.8. The molecule has 0 saturated heterocycles. The van der Waals surface area contributed by atoms with Crippen LogP contribution in [0.2, 0.25) is 0 Å². The molecule has 152 valence electrons. The lowest BCUT2D eigenvalue weighted by Crippen LogP contribution is -2.34. The van der Waals surface area contributed by atoms with Gasteiger partial charge in [-0.3, -0.25) is 10.0 Å². The molecule has 0 fully saturated rings. The van der Waals surface area contributed by atoms with E-state index >= 15 is 0 Å². The molecule has 0 aromatic heterocycles. The summed E-state index contributed by atoms with van der Waals surface area (Å²) in [6, 6.07) is 18.4. The maximum Gasteiger partial charge on any atom is 0.247 e. The van der Waals surface area contributed by atoms with Crippen LogP contribution in [0.25, 0.3) is 0 Å². The fourth-order valence-corrected chi connectivity index (χ4v) is 4.72. The van der Waals surface area contributed by atoms with Gasteiger partial charge in [0.1, 0.15) is 5.75 Å². The van der Waals surface area contributed by atoms with Gasteiger partial charge in [-0.15, -0.1) is 11.8 Å². The van der Waals surface area contributed by atoms with E-state index in [0.717, 1.165) is 49.2 Å². The van der Waals surface area contributed by atoms with Gasteiger partial charge < -0.3 is 4.74 Å². The number of hydrogen-bond acceptors (Lipinski definition) is 4. The lowest BCUT2D eigenvalue weighted by atomic mass is 9.94. The van der Waals surface area contributed by atoms with Crippen molar-refractivity contribution < 1.29 is 14.7 Å². The van der Waals surface area contributed by atoms with Crippen LogP contribution in [0.3, 0.4) is 0 Å². The first-order valence-electron chi connectivity index (χ1n) is 9.96. The van der Waals surface area contributed by atoms with Crippen molar-refractivity contribution >= 4 is 17.7 Å². The Labute approximate surface area is 172 Å². The Balaban J connectivity index is 2.01. The highest BCUT2D eigenvalue weighted by Crippen LogP contribution is 2.35. The summed E-state index contributed by atoms with van der Waals surface area (Å²) in [6.07, 6.45) is 5.78. The maximum absolute atomic E-state index is 12.3. The average Bonchev–Trinajstić information content (AvgIpc) is 2.75. The van der Waals surface area contributed by atoms with Crippen LogP contribution in [0.5, 0.6) is 5.75 Å². The number of benzene rings is 2. The fraction of sp³-hybridized carbons (Fsp3) is 0.435. The van der Waals surface area contributed by atoms with Gasteiger partial charge in [0.05, 0.1) is 13.0 Å². The summed E-state index contributed by atoms with van der Waals surface area (Å²) in [5.41, 5.74) is 3.23. The van der Waals surface area contributed by atoms with Crippen LogP contribution in [-0.2, 0) is 11.2 Å². The second-order valence-electron chi connectivity index (χ2n) is 6.93. The Bertz CT molecular complexity index is 691. The smallest absolute Gasteiger partial charge is 0.247 e. The molecule has 0 radical (unpaired) electrons. The van der Waals surface area contributed by atoms with E-state index in [-0.39, 0.29) is 17.1 Å². The molecule has 2 unspecified atom stereocenters. The van der Waals surface area contributed by atoms with Gasteiger partial charge in [0.2, 0.25) is 5.91 Å². The monoisotopic (exact) mass is 401 g/mol. The molecule has 2 aromatic carbocycles. The van der Waals surface area contributed by atoms with Crippen LogP contribution < -0.4 is 10.2 Å². The third kappa shape index (κ3) is 7.21. The van der Waals surface area contributed by atoms with Crippen LogP contribution in [0.15, 0.2) is 59.5 Å². The molecule has 2 N–H and O–H groups in total. The third-order valence-corrected chi connectivity index (χ3v) is 6.30. The summed E-state index contributed by atoms with van der Waals surface area (Å²) in [5, 5.41) is 9.33. The number of unbranched alkanes of at least 4 members (excludes halogenated alkanes) is 1. The minimum absolute atomic E-state index is 0.122. The molecule has 0 spiro atoms. The standard InChI is InChI=1S/C23H31NO3S/c1-3-9-21(23(25)24-26)22(28-20-16-14-19(27-2)15-17-20)13-8-7-12-18-10-5-4-6-11-18/h4-6,10-11,14-17,21-22,26H,3,7-9,12-13H2,1-2H3,(H,24,25). The van der Waals surface area contributed by atoms with Crippen LogP contribution in [0.1, 0.15) is 44.6 Å². The van der Waals surface area contributed by atoms with Crippen LogP contribution in [0, 0.1) is 5.92 Å². The summed E-state index contributed by atoms with van der Waals surface area (Å²) in [7, 11) is 1.65. The number of thioether (sulfide) groups is 1. The van der Waals surface area contributed by atoms with Gasteiger partial charge in [-0.1, -0.05) is 50.1 Å². The third-order valence-electron chi connectivity index (χ3n) is 4.89. The minimum Gasteiger partial charge on any atom is -0.497 e. The molecule has 0 aliphatic heterocycles. The Morgan fingerprint density at radius 3 is 2.39 bits per heavy atom. The first kappa shape index (κ1) is 22.3. The highest BCUT2D eigenvalue weighted by atomic mass is 32.2. The number of nitrogens with one attached hydrogen (secondary N) is 1. The summed E-state index contributed by atoms with van der Waals surface area (Å²) in [4.78, 5) is 13.4. The van der Waals surface area contributed by atoms with Crippen molar-refractivity contribution in [2.45, 2.75) is 55.6 Å². The molecule has 0 aliphatic carbocycles. The number of hydrogen-bond donors (Lipinski definition) is 2. The number of hydroxylamine groups is 1. The maximum atomic E-state index is 12.3. The Hall–Kier alpha value is -1.98. The SMILES string of the molecule is CCCC(C(=O)NO)C(CCCCc1ccccc1)Sc1ccc(OC)cc1.